The standard InChI is InChI=1S/C12H13BrF2N2O/c13-9-3-1-8(2-4-9)6-16-11(18)10-5-12(14,15)7-17-10/h1-4,10,17H,5-7H2,(H,16,18). The monoisotopic (exact) mass is 318 g/mol. The van der Waals surface area contributed by atoms with Gasteiger partial charge in [-0.1, -0.05) is 28.1 Å². The quantitative estimate of drug-likeness (QED) is 0.895. The lowest BCUT2D eigenvalue weighted by Gasteiger charge is -2.11. The first-order valence-electron chi connectivity index (χ1n) is 5.60. The molecule has 1 aromatic carbocycles. The average Bonchev–Trinajstić information content (AvgIpc) is 2.69. The summed E-state index contributed by atoms with van der Waals surface area (Å²) in [5.74, 6) is -3.16. The molecule has 1 fully saturated rings. The highest BCUT2D eigenvalue weighted by molar-refractivity contribution is 9.10. The molecule has 1 amide bonds. The molecule has 3 nitrogen and oxygen atoms in total. The Bertz CT molecular complexity index is 436. The van der Waals surface area contributed by atoms with Crippen molar-refractivity contribution >= 4 is 21.8 Å². The molecular formula is C12H13BrF2N2O. The van der Waals surface area contributed by atoms with Gasteiger partial charge in [-0.05, 0) is 17.7 Å². The molecular weight excluding hydrogens is 306 g/mol. The summed E-state index contributed by atoms with van der Waals surface area (Å²) >= 11 is 3.31. The lowest BCUT2D eigenvalue weighted by Crippen LogP contribution is -2.39. The van der Waals surface area contributed by atoms with Crippen LogP contribution in [0, 0.1) is 0 Å². The predicted molar refractivity (Wildman–Crippen MR) is 67.3 cm³/mol. The third-order valence-electron chi connectivity index (χ3n) is 2.81. The van der Waals surface area contributed by atoms with Crippen LogP contribution >= 0.6 is 15.9 Å². The van der Waals surface area contributed by atoms with Gasteiger partial charge in [0, 0.05) is 17.4 Å². The first kappa shape index (κ1) is 13.4. The van der Waals surface area contributed by atoms with Gasteiger partial charge in [0.1, 0.15) is 0 Å². The van der Waals surface area contributed by atoms with Crippen LogP contribution in [-0.2, 0) is 11.3 Å². The Morgan fingerprint density at radius 1 is 1.44 bits per heavy atom. The summed E-state index contributed by atoms with van der Waals surface area (Å²) < 4.78 is 26.8. The van der Waals surface area contributed by atoms with Gasteiger partial charge < -0.3 is 5.32 Å². The van der Waals surface area contributed by atoms with Crippen LogP contribution in [0.1, 0.15) is 12.0 Å². The zero-order chi connectivity index (χ0) is 13.2. The molecule has 1 heterocycles. The summed E-state index contributed by atoms with van der Waals surface area (Å²) in [4.78, 5) is 11.7. The molecule has 0 spiro atoms. The second-order valence-electron chi connectivity index (χ2n) is 4.34. The summed E-state index contributed by atoms with van der Waals surface area (Å²) in [6.45, 7) is -0.0841. The predicted octanol–water partition coefficient (Wildman–Crippen LogP) is 2.06. The first-order chi connectivity index (χ1) is 8.46. The number of amides is 1. The van der Waals surface area contributed by atoms with E-state index in [2.05, 4.69) is 26.6 Å². The number of hydrogen-bond donors (Lipinski definition) is 2. The van der Waals surface area contributed by atoms with Crippen molar-refractivity contribution in [2.24, 2.45) is 0 Å². The van der Waals surface area contributed by atoms with Crippen molar-refractivity contribution in [3.8, 4) is 0 Å². The van der Waals surface area contributed by atoms with E-state index in [0.717, 1.165) is 10.0 Å². The van der Waals surface area contributed by atoms with Crippen LogP contribution in [-0.4, -0.2) is 24.4 Å². The van der Waals surface area contributed by atoms with Crippen LogP contribution in [0.25, 0.3) is 0 Å². The van der Waals surface area contributed by atoms with Crippen LogP contribution < -0.4 is 10.6 Å². The maximum absolute atomic E-state index is 12.9. The number of halogens is 3. The number of carbonyl (C=O) groups is 1. The van der Waals surface area contributed by atoms with Crippen LogP contribution in [0.3, 0.4) is 0 Å². The molecule has 1 unspecified atom stereocenters. The van der Waals surface area contributed by atoms with Gasteiger partial charge in [0.2, 0.25) is 5.91 Å². The summed E-state index contributed by atoms with van der Waals surface area (Å²) in [6.07, 6.45) is -0.431. The smallest absolute Gasteiger partial charge is 0.262 e. The van der Waals surface area contributed by atoms with Crippen molar-refractivity contribution in [1.82, 2.24) is 10.6 Å². The fourth-order valence-corrected chi connectivity index (χ4v) is 2.08. The zero-order valence-electron chi connectivity index (χ0n) is 9.55. The van der Waals surface area contributed by atoms with Gasteiger partial charge in [-0.25, -0.2) is 8.78 Å². The molecule has 2 rings (SSSR count). The Hall–Kier alpha value is -1.01. The molecule has 98 valence electrons. The highest BCUT2D eigenvalue weighted by Crippen LogP contribution is 2.25. The van der Waals surface area contributed by atoms with Crippen molar-refractivity contribution in [3.63, 3.8) is 0 Å². The van der Waals surface area contributed by atoms with E-state index in [0.29, 0.717) is 6.54 Å². The molecule has 18 heavy (non-hydrogen) atoms. The Morgan fingerprint density at radius 2 is 2.11 bits per heavy atom. The average molecular weight is 319 g/mol. The van der Waals surface area contributed by atoms with Crippen molar-refractivity contribution in [3.05, 3.63) is 34.3 Å². The van der Waals surface area contributed by atoms with E-state index in [-0.39, 0.29) is 5.91 Å². The summed E-state index contributed by atoms with van der Waals surface area (Å²) in [6, 6.07) is 6.66. The van der Waals surface area contributed by atoms with E-state index in [4.69, 9.17) is 0 Å². The summed E-state index contributed by atoms with van der Waals surface area (Å²) in [7, 11) is 0. The van der Waals surface area contributed by atoms with Gasteiger partial charge >= 0.3 is 0 Å². The number of carbonyl (C=O) groups excluding carboxylic acids is 1. The molecule has 1 aliphatic rings. The molecule has 0 bridgehead atoms. The molecule has 0 aliphatic carbocycles. The third kappa shape index (κ3) is 3.49. The van der Waals surface area contributed by atoms with E-state index >= 15 is 0 Å². The van der Waals surface area contributed by atoms with Gasteiger partial charge in [-0.2, -0.15) is 0 Å². The van der Waals surface area contributed by atoms with Gasteiger partial charge in [0.25, 0.3) is 5.92 Å². The lowest BCUT2D eigenvalue weighted by atomic mass is 10.1. The van der Waals surface area contributed by atoms with Crippen molar-refractivity contribution in [2.45, 2.75) is 24.9 Å². The molecule has 0 aromatic heterocycles. The van der Waals surface area contributed by atoms with Crippen molar-refractivity contribution < 1.29 is 13.6 Å². The van der Waals surface area contributed by atoms with Gasteiger partial charge in [0.15, 0.2) is 0 Å². The van der Waals surface area contributed by atoms with Gasteiger partial charge in [0.05, 0.1) is 12.6 Å². The van der Waals surface area contributed by atoms with E-state index in [1.807, 2.05) is 24.3 Å². The molecule has 6 heteroatoms. The fraction of sp³-hybridized carbons (Fsp3) is 0.417. The second kappa shape index (κ2) is 5.32. The minimum absolute atomic E-state index is 0.343. The van der Waals surface area contributed by atoms with E-state index in [1.165, 1.54) is 0 Å². The molecule has 1 atom stereocenters. The van der Waals surface area contributed by atoms with Crippen LogP contribution in [0.4, 0.5) is 8.78 Å². The number of benzene rings is 1. The number of rotatable bonds is 3. The minimum Gasteiger partial charge on any atom is -0.351 e. The topological polar surface area (TPSA) is 41.1 Å². The second-order valence-corrected chi connectivity index (χ2v) is 5.25. The Balaban J connectivity index is 1.84. The van der Waals surface area contributed by atoms with E-state index in [1.54, 1.807) is 0 Å². The molecule has 2 N–H and O–H groups in total. The van der Waals surface area contributed by atoms with Gasteiger partial charge in [-0.3, -0.25) is 10.1 Å². The van der Waals surface area contributed by atoms with Gasteiger partial charge in [-0.15, -0.1) is 0 Å². The molecule has 0 radical (unpaired) electrons. The SMILES string of the molecule is O=C(NCc1ccc(Br)cc1)C1CC(F)(F)CN1. The lowest BCUT2D eigenvalue weighted by molar-refractivity contribution is -0.123. The zero-order valence-corrected chi connectivity index (χ0v) is 11.1. The summed E-state index contributed by atoms with van der Waals surface area (Å²) in [5, 5.41) is 5.17. The van der Waals surface area contributed by atoms with Crippen LogP contribution in [0.2, 0.25) is 0 Å². The maximum atomic E-state index is 12.9. The highest BCUT2D eigenvalue weighted by atomic mass is 79.9. The number of hydrogen-bond acceptors (Lipinski definition) is 2. The molecule has 0 saturated carbocycles. The Morgan fingerprint density at radius 3 is 2.67 bits per heavy atom. The minimum atomic E-state index is -2.78. The third-order valence-corrected chi connectivity index (χ3v) is 3.34. The fourth-order valence-electron chi connectivity index (χ4n) is 1.82. The largest absolute Gasteiger partial charge is 0.351 e. The van der Waals surface area contributed by atoms with Crippen LogP contribution in [0.15, 0.2) is 28.7 Å². The molecule has 1 saturated heterocycles. The van der Waals surface area contributed by atoms with Crippen molar-refractivity contribution in [2.75, 3.05) is 6.54 Å². The van der Waals surface area contributed by atoms with Crippen molar-refractivity contribution in [1.29, 1.82) is 0 Å². The van der Waals surface area contributed by atoms with Crippen LogP contribution in [0.5, 0.6) is 0 Å². The molecule has 1 aliphatic heterocycles. The van der Waals surface area contributed by atoms with E-state index in [9.17, 15) is 13.6 Å². The first-order valence-corrected chi connectivity index (χ1v) is 6.39. The number of nitrogens with one attached hydrogen (secondary N) is 2. The normalized spacial score (nSPS) is 21.8. The van der Waals surface area contributed by atoms with E-state index < -0.39 is 24.9 Å². The highest BCUT2D eigenvalue weighted by Gasteiger charge is 2.42. The maximum Gasteiger partial charge on any atom is 0.262 e. The molecule has 1 aromatic rings. The Kier molecular flexibility index (Phi) is 3.97. The number of alkyl halides is 2. The summed E-state index contributed by atoms with van der Waals surface area (Å²) in [5.41, 5.74) is 0.927. The Labute approximate surface area is 112 Å².